The lowest BCUT2D eigenvalue weighted by atomic mass is 9.84. The predicted molar refractivity (Wildman–Crippen MR) is 90.5 cm³/mol. The van der Waals surface area contributed by atoms with Gasteiger partial charge in [-0.15, -0.1) is 0 Å². The number of thioether (sulfide) groups is 2. The van der Waals surface area contributed by atoms with E-state index in [0.717, 1.165) is 11.3 Å². The molecule has 0 radical (unpaired) electrons. The highest BCUT2D eigenvalue weighted by Gasteiger charge is 2.34. The zero-order valence-corrected chi connectivity index (χ0v) is 14.6. The Bertz CT molecular complexity index is 272. The molecule has 0 aromatic heterocycles. The molecular weight excluding hydrogens is 272 g/mol. The summed E-state index contributed by atoms with van der Waals surface area (Å²) in [6, 6.07) is 1.38. The lowest BCUT2D eigenvalue weighted by molar-refractivity contribution is 0.0851. The van der Waals surface area contributed by atoms with E-state index in [1.165, 1.54) is 43.3 Å². The van der Waals surface area contributed by atoms with Crippen LogP contribution in [0.5, 0.6) is 0 Å². The van der Waals surface area contributed by atoms with Gasteiger partial charge in [0.25, 0.3) is 0 Å². The molecular formula is C15H30N2S2. The first kappa shape index (κ1) is 16.0. The maximum absolute atomic E-state index is 3.77. The van der Waals surface area contributed by atoms with Gasteiger partial charge in [-0.1, -0.05) is 27.7 Å². The van der Waals surface area contributed by atoms with Crippen molar-refractivity contribution in [3.8, 4) is 0 Å². The standard InChI is InChI=1S/C15H30N2S2/c1-5-12-8-16-14(15(2,3)4)10-17(12)9-13-11-18-6-7-19-13/h12-14,16H,5-11H2,1-4H3. The second-order valence-corrected chi connectivity index (χ2v) is 9.47. The van der Waals surface area contributed by atoms with Crippen LogP contribution in [0.1, 0.15) is 34.1 Å². The molecule has 2 fully saturated rings. The van der Waals surface area contributed by atoms with Crippen LogP contribution < -0.4 is 5.32 Å². The highest BCUT2D eigenvalue weighted by molar-refractivity contribution is 8.06. The third-order valence-corrected chi connectivity index (χ3v) is 7.20. The van der Waals surface area contributed by atoms with Crippen LogP contribution in [0.15, 0.2) is 0 Å². The Kier molecular flexibility index (Phi) is 5.94. The van der Waals surface area contributed by atoms with Gasteiger partial charge in [0.2, 0.25) is 0 Å². The van der Waals surface area contributed by atoms with E-state index in [1.807, 2.05) is 0 Å². The molecule has 2 rings (SSSR count). The maximum atomic E-state index is 3.77. The van der Waals surface area contributed by atoms with Crippen LogP contribution in [0.4, 0.5) is 0 Å². The molecule has 1 N–H and O–H groups in total. The average molecular weight is 303 g/mol. The molecule has 112 valence electrons. The molecule has 3 unspecified atom stereocenters. The smallest absolute Gasteiger partial charge is 0.0265 e. The van der Waals surface area contributed by atoms with E-state index in [4.69, 9.17) is 0 Å². The number of hydrogen-bond acceptors (Lipinski definition) is 4. The summed E-state index contributed by atoms with van der Waals surface area (Å²) >= 11 is 4.34. The third-order valence-electron chi connectivity index (χ3n) is 4.37. The minimum Gasteiger partial charge on any atom is -0.311 e. The topological polar surface area (TPSA) is 15.3 Å². The number of piperazine rings is 1. The van der Waals surface area contributed by atoms with Gasteiger partial charge in [-0.2, -0.15) is 23.5 Å². The molecule has 2 nitrogen and oxygen atoms in total. The molecule has 0 aromatic rings. The van der Waals surface area contributed by atoms with E-state index in [9.17, 15) is 0 Å². The first-order chi connectivity index (χ1) is 9.00. The van der Waals surface area contributed by atoms with Gasteiger partial charge in [0, 0.05) is 54.2 Å². The van der Waals surface area contributed by atoms with Gasteiger partial charge >= 0.3 is 0 Å². The quantitative estimate of drug-likeness (QED) is 0.862. The van der Waals surface area contributed by atoms with Gasteiger partial charge in [-0.05, 0) is 11.8 Å². The Morgan fingerprint density at radius 3 is 2.63 bits per heavy atom. The van der Waals surface area contributed by atoms with E-state index in [2.05, 4.69) is 61.4 Å². The van der Waals surface area contributed by atoms with Crippen LogP contribution in [0.2, 0.25) is 0 Å². The first-order valence-corrected chi connectivity index (χ1v) is 9.88. The fourth-order valence-corrected chi connectivity index (χ4v) is 5.66. The highest BCUT2D eigenvalue weighted by atomic mass is 32.2. The van der Waals surface area contributed by atoms with E-state index in [0.29, 0.717) is 11.5 Å². The lowest BCUT2D eigenvalue weighted by Gasteiger charge is -2.46. The van der Waals surface area contributed by atoms with Crippen molar-refractivity contribution >= 4 is 23.5 Å². The molecule has 0 aliphatic carbocycles. The van der Waals surface area contributed by atoms with Crippen LogP contribution >= 0.6 is 23.5 Å². The fourth-order valence-electron chi connectivity index (χ4n) is 2.97. The van der Waals surface area contributed by atoms with Crippen LogP contribution in [-0.2, 0) is 0 Å². The lowest BCUT2D eigenvalue weighted by Crippen LogP contribution is -2.61. The highest BCUT2D eigenvalue weighted by Crippen LogP contribution is 2.28. The van der Waals surface area contributed by atoms with Crippen LogP contribution in [0.25, 0.3) is 0 Å². The second kappa shape index (κ2) is 7.06. The molecule has 3 atom stereocenters. The van der Waals surface area contributed by atoms with Crippen molar-refractivity contribution in [1.82, 2.24) is 10.2 Å². The minimum absolute atomic E-state index is 0.366. The molecule has 2 aliphatic heterocycles. The monoisotopic (exact) mass is 302 g/mol. The molecule has 0 spiro atoms. The Labute approximate surface area is 127 Å². The van der Waals surface area contributed by atoms with Gasteiger partial charge in [0.15, 0.2) is 0 Å². The Morgan fingerprint density at radius 2 is 2.05 bits per heavy atom. The Morgan fingerprint density at radius 1 is 1.26 bits per heavy atom. The molecule has 2 aliphatic rings. The number of nitrogens with zero attached hydrogens (tertiary/aromatic N) is 1. The normalized spacial score (nSPS) is 34.4. The fraction of sp³-hybridized carbons (Fsp3) is 1.00. The van der Waals surface area contributed by atoms with Crippen molar-refractivity contribution in [3.05, 3.63) is 0 Å². The summed E-state index contributed by atoms with van der Waals surface area (Å²) in [5, 5.41) is 4.63. The maximum Gasteiger partial charge on any atom is 0.0265 e. The largest absolute Gasteiger partial charge is 0.311 e. The van der Waals surface area contributed by atoms with Crippen LogP contribution in [-0.4, -0.2) is 59.1 Å². The zero-order valence-electron chi connectivity index (χ0n) is 12.9. The van der Waals surface area contributed by atoms with Crippen molar-refractivity contribution in [2.45, 2.75) is 51.4 Å². The minimum atomic E-state index is 0.366. The average Bonchev–Trinajstić information content (AvgIpc) is 2.39. The van der Waals surface area contributed by atoms with E-state index in [-0.39, 0.29) is 0 Å². The number of nitrogens with one attached hydrogen (secondary N) is 1. The summed E-state index contributed by atoms with van der Waals surface area (Å²) in [5.41, 5.74) is 0.366. The molecule has 4 heteroatoms. The van der Waals surface area contributed by atoms with Crippen LogP contribution in [0.3, 0.4) is 0 Å². The van der Waals surface area contributed by atoms with Gasteiger partial charge in [-0.3, -0.25) is 4.90 Å². The third kappa shape index (κ3) is 4.55. The summed E-state index contributed by atoms with van der Waals surface area (Å²) in [5.74, 6) is 4.05. The predicted octanol–water partition coefficient (Wildman–Crippen LogP) is 2.93. The van der Waals surface area contributed by atoms with Gasteiger partial charge in [0.05, 0.1) is 0 Å². The Balaban J connectivity index is 1.93. The molecule has 2 heterocycles. The summed E-state index contributed by atoms with van der Waals surface area (Å²) in [6.07, 6.45) is 1.27. The first-order valence-electron chi connectivity index (χ1n) is 7.67. The summed E-state index contributed by atoms with van der Waals surface area (Å²) in [7, 11) is 0. The summed E-state index contributed by atoms with van der Waals surface area (Å²) < 4.78 is 0. The van der Waals surface area contributed by atoms with Crippen molar-refractivity contribution < 1.29 is 0 Å². The van der Waals surface area contributed by atoms with Gasteiger partial charge in [0.1, 0.15) is 0 Å². The molecule has 0 amide bonds. The van der Waals surface area contributed by atoms with Crippen LogP contribution in [0, 0.1) is 5.41 Å². The van der Waals surface area contributed by atoms with Gasteiger partial charge in [-0.25, -0.2) is 0 Å². The van der Waals surface area contributed by atoms with E-state index in [1.54, 1.807) is 0 Å². The number of rotatable bonds is 3. The molecule has 0 aromatic carbocycles. The molecule has 0 bridgehead atoms. The zero-order chi connectivity index (χ0) is 13.9. The summed E-state index contributed by atoms with van der Waals surface area (Å²) in [6.45, 7) is 13.1. The molecule has 2 saturated heterocycles. The molecule has 0 saturated carbocycles. The molecule has 19 heavy (non-hydrogen) atoms. The van der Waals surface area contributed by atoms with E-state index < -0.39 is 0 Å². The van der Waals surface area contributed by atoms with Crippen molar-refractivity contribution in [2.24, 2.45) is 5.41 Å². The summed E-state index contributed by atoms with van der Waals surface area (Å²) in [4.78, 5) is 2.77. The number of hydrogen-bond donors (Lipinski definition) is 1. The SMILES string of the molecule is CCC1CNC(C(C)(C)C)CN1CC1CSCCS1. The Hall–Kier alpha value is 0.620. The van der Waals surface area contributed by atoms with Crippen molar-refractivity contribution in [1.29, 1.82) is 0 Å². The van der Waals surface area contributed by atoms with E-state index >= 15 is 0 Å². The van der Waals surface area contributed by atoms with Gasteiger partial charge < -0.3 is 5.32 Å². The van der Waals surface area contributed by atoms with Crippen molar-refractivity contribution in [3.63, 3.8) is 0 Å². The second-order valence-electron chi connectivity index (χ2n) is 6.91. The van der Waals surface area contributed by atoms with Crippen molar-refractivity contribution in [2.75, 3.05) is 36.9 Å².